The fourth-order valence-electron chi connectivity index (χ4n) is 2.40. The lowest BCUT2D eigenvalue weighted by molar-refractivity contribution is -0.0548. The average Bonchev–Trinajstić information content (AvgIpc) is 2.72. The molecule has 0 fully saturated rings. The molecule has 0 bridgehead atoms. The Labute approximate surface area is 146 Å². The molecule has 1 atom stereocenters. The van der Waals surface area contributed by atoms with Crippen molar-refractivity contribution in [1.82, 2.24) is 0 Å². The highest BCUT2D eigenvalue weighted by Gasteiger charge is 2.65. The van der Waals surface area contributed by atoms with Crippen LogP contribution in [-0.4, -0.2) is 19.4 Å². The van der Waals surface area contributed by atoms with Crippen molar-refractivity contribution in [3.05, 3.63) is 34.5 Å². The van der Waals surface area contributed by atoms with E-state index in [0.29, 0.717) is 6.07 Å². The van der Waals surface area contributed by atoms with Crippen LogP contribution in [0.15, 0.2) is 28.0 Å². The third-order valence-corrected chi connectivity index (χ3v) is 8.50. The van der Waals surface area contributed by atoms with Gasteiger partial charge in [-0.05, 0) is 29.2 Å². The minimum atomic E-state index is -6.62. The SMILES string of the molecule is CC(C)(C)C1=Cc2ccc(F)cc2S1(OS(=O)(=O)C(F)(F)F)C(F)(F)F. The molecule has 3 nitrogen and oxygen atoms in total. The van der Waals surface area contributed by atoms with Gasteiger partial charge in [-0.1, -0.05) is 26.8 Å². The lowest BCUT2D eigenvalue weighted by Crippen LogP contribution is -2.34. The van der Waals surface area contributed by atoms with Crippen LogP contribution in [0.25, 0.3) is 6.08 Å². The molecule has 0 radical (unpaired) electrons. The van der Waals surface area contributed by atoms with Gasteiger partial charge >= 0.3 is 21.1 Å². The number of fused-ring (bicyclic) bond motifs is 1. The Morgan fingerprint density at radius 2 is 1.54 bits per heavy atom. The first-order valence-corrected chi connectivity index (χ1v) is 9.84. The lowest BCUT2D eigenvalue weighted by Gasteiger charge is -2.43. The van der Waals surface area contributed by atoms with Gasteiger partial charge in [0, 0.05) is 20.1 Å². The molecule has 0 aliphatic carbocycles. The van der Waals surface area contributed by atoms with E-state index in [1.165, 1.54) is 20.8 Å². The van der Waals surface area contributed by atoms with Crippen LogP contribution in [0.5, 0.6) is 0 Å². The summed E-state index contributed by atoms with van der Waals surface area (Å²) in [7, 11) is -11.8. The molecular formula is C14H13F7O3S2. The summed E-state index contributed by atoms with van der Waals surface area (Å²) in [6.45, 7) is 3.79. The highest BCUT2D eigenvalue weighted by molar-refractivity contribution is 8.37. The van der Waals surface area contributed by atoms with Crippen molar-refractivity contribution >= 4 is 26.5 Å². The average molecular weight is 426 g/mol. The molecule has 1 heterocycles. The van der Waals surface area contributed by atoms with Crippen molar-refractivity contribution in [2.24, 2.45) is 5.41 Å². The van der Waals surface area contributed by atoms with Crippen molar-refractivity contribution in [2.45, 2.75) is 36.7 Å². The van der Waals surface area contributed by atoms with Gasteiger partial charge in [-0.25, -0.2) is 4.39 Å². The van der Waals surface area contributed by atoms with Crippen LogP contribution in [0.2, 0.25) is 0 Å². The van der Waals surface area contributed by atoms with Crippen molar-refractivity contribution < 1.29 is 42.8 Å². The molecular weight excluding hydrogens is 413 g/mol. The van der Waals surface area contributed by atoms with E-state index in [1.807, 2.05) is 0 Å². The summed E-state index contributed by atoms with van der Waals surface area (Å²) >= 11 is 0. The van der Waals surface area contributed by atoms with Gasteiger partial charge in [-0.15, -0.1) is 0 Å². The molecule has 1 aromatic carbocycles. The summed E-state index contributed by atoms with van der Waals surface area (Å²) in [5, 5.41) is 0. The smallest absolute Gasteiger partial charge is 0.207 e. The Hall–Kier alpha value is -1.27. The molecule has 2 rings (SSSR count). The topological polar surface area (TPSA) is 43.4 Å². The van der Waals surface area contributed by atoms with E-state index in [9.17, 15) is 39.2 Å². The highest BCUT2D eigenvalue weighted by atomic mass is 32.3. The summed E-state index contributed by atoms with van der Waals surface area (Å²) < 4.78 is 121. The molecule has 148 valence electrons. The summed E-state index contributed by atoms with van der Waals surface area (Å²) in [6, 6.07) is 2.11. The molecule has 1 aliphatic rings. The maximum atomic E-state index is 14.0. The fourth-order valence-corrected chi connectivity index (χ4v) is 7.31. The maximum absolute atomic E-state index is 14.0. The number of halogens is 7. The van der Waals surface area contributed by atoms with E-state index in [4.69, 9.17) is 0 Å². The quantitative estimate of drug-likeness (QED) is 0.451. The molecule has 1 aromatic rings. The molecule has 0 amide bonds. The second-order valence-corrected chi connectivity index (χ2v) is 10.8. The molecule has 26 heavy (non-hydrogen) atoms. The number of rotatable bonds is 2. The van der Waals surface area contributed by atoms with Crippen molar-refractivity contribution in [3.63, 3.8) is 0 Å². The first kappa shape index (κ1) is 21.0. The minimum absolute atomic E-state index is 0.249. The third-order valence-electron chi connectivity index (χ3n) is 3.42. The number of alkyl halides is 6. The van der Waals surface area contributed by atoms with Gasteiger partial charge < -0.3 is 0 Å². The molecule has 0 N–H and O–H groups in total. The van der Waals surface area contributed by atoms with Crippen LogP contribution in [0, 0.1) is 11.2 Å². The van der Waals surface area contributed by atoms with Gasteiger partial charge in [0.2, 0.25) is 0 Å². The van der Waals surface area contributed by atoms with E-state index < -0.39 is 52.5 Å². The van der Waals surface area contributed by atoms with Gasteiger partial charge in [0.25, 0.3) is 0 Å². The number of benzene rings is 1. The first-order valence-electron chi connectivity index (χ1n) is 6.87. The Kier molecular flexibility index (Phi) is 4.74. The minimum Gasteiger partial charge on any atom is -0.207 e. The molecule has 1 unspecified atom stereocenters. The number of hydrogen-bond acceptors (Lipinski definition) is 3. The van der Waals surface area contributed by atoms with Crippen LogP contribution < -0.4 is 0 Å². The second-order valence-electron chi connectivity index (χ2n) is 6.41. The standard InChI is InChI=1S/C14H13F7O3S2/c1-12(2,3)11-6-8-4-5-9(15)7-10(8)25(11,13(16,17)18)24-26(22,23)14(19,20)21/h4-7H,1-3H3. The normalized spacial score (nSPS) is 24.0. The van der Waals surface area contributed by atoms with Crippen LogP contribution in [-0.2, 0) is 13.7 Å². The first-order chi connectivity index (χ1) is 11.4. The van der Waals surface area contributed by atoms with Crippen LogP contribution >= 0.6 is 10.3 Å². The van der Waals surface area contributed by atoms with E-state index in [1.54, 1.807) is 0 Å². The highest BCUT2D eigenvalue weighted by Crippen LogP contribution is 2.80. The number of allylic oxidation sites excluding steroid dienone is 1. The van der Waals surface area contributed by atoms with Gasteiger partial charge in [-0.3, -0.25) is 0 Å². The maximum Gasteiger partial charge on any atom is 0.523 e. The summed E-state index contributed by atoms with van der Waals surface area (Å²) in [5.41, 5.74) is -13.3. The Balaban J connectivity index is 2.90. The van der Waals surface area contributed by atoms with Gasteiger partial charge in [0.1, 0.15) is 5.82 Å². The van der Waals surface area contributed by atoms with Crippen molar-refractivity contribution in [1.29, 1.82) is 0 Å². The third kappa shape index (κ3) is 3.22. The summed E-state index contributed by atoms with van der Waals surface area (Å²) in [4.78, 5) is -1.67. The molecule has 0 saturated carbocycles. The monoisotopic (exact) mass is 426 g/mol. The van der Waals surface area contributed by atoms with Crippen LogP contribution in [0.1, 0.15) is 26.3 Å². The zero-order valence-corrected chi connectivity index (χ0v) is 15.1. The van der Waals surface area contributed by atoms with Gasteiger partial charge in [-0.2, -0.15) is 38.4 Å². The van der Waals surface area contributed by atoms with Gasteiger partial charge in [0.15, 0.2) is 0 Å². The predicted molar refractivity (Wildman–Crippen MR) is 81.8 cm³/mol. The Morgan fingerprint density at radius 1 is 1.00 bits per heavy atom. The fraction of sp³-hybridized carbons (Fsp3) is 0.429. The Bertz CT molecular complexity index is 864. The van der Waals surface area contributed by atoms with Crippen molar-refractivity contribution in [3.8, 4) is 0 Å². The number of hydrogen-bond donors (Lipinski definition) is 0. The summed E-state index contributed by atoms with van der Waals surface area (Å²) in [5.74, 6) is -1.17. The van der Waals surface area contributed by atoms with E-state index in [0.717, 1.165) is 18.2 Å². The van der Waals surface area contributed by atoms with E-state index in [-0.39, 0.29) is 5.56 Å². The van der Waals surface area contributed by atoms with E-state index in [2.05, 4.69) is 3.63 Å². The molecule has 0 aromatic heterocycles. The predicted octanol–water partition coefficient (Wildman–Crippen LogP) is 5.69. The van der Waals surface area contributed by atoms with Crippen molar-refractivity contribution in [2.75, 3.05) is 0 Å². The van der Waals surface area contributed by atoms with Gasteiger partial charge in [0.05, 0.1) is 0 Å². The second kappa shape index (κ2) is 5.86. The molecule has 1 aliphatic heterocycles. The van der Waals surface area contributed by atoms with Crippen LogP contribution in [0.4, 0.5) is 30.7 Å². The lowest BCUT2D eigenvalue weighted by atomic mass is 9.95. The molecule has 12 heteroatoms. The van der Waals surface area contributed by atoms with Crippen LogP contribution in [0.3, 0.4) is 0 Å². The summed E-state index contributed by atoms with van der Waals surface area (Å²) in [6.07, 6.45) is 0.906. The molecule has 0 saturated heterocycles. The zero-order valence-electron chi connectivity index (χ0n) is 13.5. The largest absolute Gasteiger partial charge is 0.523 e. The molecule has 0 spiro atoms. The van der Waals surface area contributed by atoms with E-state index >= 15 is 0 Å². The zero-order chi connectivity index (χ0) is 20.3. The Morgan fingerprint density at radius 3 is 1.96 bits per heavy atom.